The lowest BCUT2D eigenvalue weighted by Gasteiger charge is -2.18. The minimum Gasteiger partial charge on any atom is -0.382 e. The van der Waals surface area contributed by atoms with Crippen LogP contribution >= 0.6 is 11.8 Å². The molecule has 6 nitrogen and oxygen atoms in total. The number of fused-ring (bicyclic) bond motifs is 1. The first-order valence-corrected chi connectivity index (χ1v) is 6.76. The Morgan fingerprint density at radius 3 is 2.65 bits per heavy atom. The van der Waals surface area contributed by atoms with Crippen molar-refractivity contribution in [2.75, 3.05) is 23.0 Å². The number of nitrogens with two attached hydrogens (primary N) is 2. The highest BCUT2D eigenvalue weighted by atomic mass is 32.2. The molecule has 5 N–H and O–H groups in total. The Kier molecular flexibility index (Phi) is 2.54. The molecule has 1 fully saturated rings. The average Bonchev–Trinajstić information content (AvgIpc) is 2.74. The highest BCUT2D eigenvalue weighted by molar-refractivity contribution is 7.99. The van der Waals surface area contributed by atoms with Gasteiger partial charge in [0, 0.05) is 5.92 Å². The van der Waals surface area contributed by atoms with E-state index in [0.29, 0.717) is 22.9 Å². The van der Waals surface area contributed by atoms with Gasteiger partial charge in [-0.3, -0.25) is 0 Å². The summed E-state index contributed by atoms with van der Waals surface area (Å²) in [5.74, 6) is 4.36. The number of nitrogens with one attached hydrogen (secondary N) is 1. The van der Waals surface area contributed by atoms with Crippen molar-refractivity contribution in [3.63, 3.8) is 0 Å². The van der Waals surface area contributed by atoms with E-state index in [4.69, 9.17) is 11.5 Å². The molecule has 1 aliphatic heterocycles. The lowest BCUT2D eigenvalue weighted by molar-refractivity contribution is 0.607. The van der Waals surface area contributed by atoms with Gasteiger partial charge in [0.05, 0.1) is 0 Å². The average molecular weight is 250 g/mol. The van der Waals surface area contributed by atoms with Crippen molar-refractivity contribution < 1.29 is 0 Å². The van der Waals surface area contributed by atoms with Gasteiger partial charge in [-0.1, -0.05) is 0 Å². The standard InChI is InChI=1S/C10H14N6S/c11-7-6-9(16-10(12)14-7)15-8(13-6)5-1-3-17-4-2-5/h5H,1-4H2,(H5,11,12,13,14,15,16). The van der Waals surface area contributed by atoms with E-state index in [1.165, 1.54) is 11.5 Å². The second kappa shape index (κ2) is 4.06. The first kappa shape index (κ1) is 10.6. The summed E-state index contributed by atoms with van der Waals surface area (Å²) < 4.78 is 0. The second-order valence-corrected chi connectivity index (χ2v) is 5.40. The normalized spacial score (nSPS) is 17.6. The van der Waals surface area contributed by atoms with E-state index in [1.54, 1.807) is 0 Å². The summed E-state index contributed by atoms with van der Waals surface area (Å²) in [7, 11) is 0. The van der Waals surface area contributed by atoms with Crippen LogP contribution in [0.2, 0.25) is 0 Å². The number of imidazole rings is 1. The largest absolute Gasteiger partial charge is 0.382 e. The van der Waals surface area contributed by atoms with E-state index in [9.17, 15) is 0 Å². The molecule has 17 heavy (non-hydrogen) atoms. The molecule has 0 bridgehead atoms. The number of hydrogen-bond donors (Lipinski definition) is 3. The Morgan fingerprint density at radius 1 is 1.12 bits per heavy atom. The molecule has 0 radical (unpaired) electrons. The van der Waals surface area contributed by atoms with Gasteiger partial charge in [0.15, 0.2) is 11.5 Å². The first-order chi connectivity index (χ1) is 8.24. The van der Waals surface area contributed by atoms with Crippen LogP contribution in [0.25, 0.3) is 11.2 Å². The minimum absolute atomic E-state index is 0.173. The van der Waals surface area contributed by atoms with Gasteiger partial charge in [-0.15, -0.1) is 0 Å². The monoisotopic (exact) mass is 250 g/mol. The molecule has 0 spiro atoms. The molecule has 0 unspecified atom stereocenters. The molecule has 1 aliphatic rings. The van der Waals surface area contributed by atoms with Crippen molar-refractivity contribution in [3.8, 4) is 0 Å². The van der Waals surface area contributed by atoms with Crippen LogP contribution in [-0.4, -0.2) is 31.4 Å². The van der Waals surface area contributed by atoms with Crippen LogP contribution in [0, 0.1) is 0 Å². The summed E-state index contributed by atoms with van der Waals surface area (Å²) >= 11 is 1.99. The maximum Gasteiger partial charge on any atom is 0.224 e. The van der Waals surface area contributed by atoms with E-state index < -0.39 is 0 Å². The maximum absolute atomic E-state index is 5.79. The zero-order valence-electron chi connectivity index (χ0n) is 9.31. The molecule has 2 aromatic rings. The molecule has 3 rings (SSSR count). The number of hydrogen-bond acceptors (Lipinski definition) is 6. The van der Waals surface area contributed by atoms with Gasteiger partial charge < -0.3 is 16.5 Å². The zero-order chi connectivity index (χ0) is 11.8. The fourth-order valence-electron chi connectivity index (χ4n) is 2.12. The Hall–Kier alpha value is -1.50. The maximum atomic E-state index is 5.79. The highest BCUT2D eigenvalue weighted by Crippen LogP contribution is 2.31. The molecule has 0 aliphatic carbocycles. The molecule has 0 atom stereocenters. The summed E-state index contributed by atoms with van der Waals surface area (Å²) in [5.41, 5.74) is 12.6. The van der Waals surface area contributed by atoms with Gasteiger partial charge in [-0.05, 0) is 24.3 Å². The van der Waals surface area contributed by atoms with E-state index in [-0.39, 0.29) is 5.95 Å². The fraction of sp³-hybridized carbons (Fsp3) is 0.500. The number of thioether (sulfide) groups is 1. The Morgan fingerprint density at radius 2 is 1.88 bits per heavy atom. The van der Waals surface area contributed by atoms with Gasteiger partial charge in [-0.25, -0.2) is 4.98 Å². The molecular formula is C10H14N6S. The van der Waals surface area contributed by atoms with E-state index in [2.05, 4.69) is 19.9 Å². The van der Waals surface area contributed by atoms with Crippen LogP contribution in [0.15, 0.2) is 0 Å². The van der Waals surface area contributed by atoms with Gasteiger partial charge in [0.1, 0.15) is 11.3 Å². The van der Waals surface area contributed by atoms with Gasteiger partial charge >= 0.3 is 0 Å². The molecule has 0 amide bonds. The molecule has 7 heteroatoms. The van der Waals surface area contributed by atoms with Crippen molar-refractivity contribution in [2.45, 2.75) is 18.8 Å². The van der Waals surface area contributed by atoms with Gasteiger partial charge in [0.2, 0.25) is 5.95 Å². The summed E-state index contributed by atoms with van der Waals surface area (Å²) in [5, 5.41) is 0. The van der Waals surface area contributed by atoms with Gasteiger partial charge in [0.25, 0.3) is 0 Å². The molecular weight excluding hydrogens is 236 g/mol. The predicted octanol–water partition coefficient (Wildman–Crippen LogP) is 1.13. The third kappa shape index (κ3) is 1.90. The van der Waals surface area contributed by atoms with Crippen LogP contribution in [0.5, 0.6) is 0 Å². The first-order valence-electron chi connectivity index (χ1n) is 5.60. The third-order valence-corrected chi connectivity index (χ3v) is 4.07. The topological polar surface area (TPSA) is 106 Å². The number of nitrogens with zero attached hydrogens (tertiary/aromatic N) is 3. The number of H-pyrrole nitrogens is 1. The quantitative estimate of drug-likeness (QED) is 0.700. The fourth-order valence-corrected chi connectivity index (χ4v) is 3.23. The van der Waals surface area contributed by atoms with E-state index in [1.807, 2.05) is 11.8 Å². The van der Waals surface area contributed by atoms with Crippen molar-refractivity contribution >= 4 is 34.7 Å². The lowest BCUT2D eigenvalue weighted by Crippen LogP contribution is -2.09. The molecule has 0 aromatic carbocycles. The molecule has 3 heterocycles. The molecule has 1 saturated heterocycles. The van der Waals surface area contributed by atoms with Crippen LogP contribution in [0.3, 0.4) is 0 Å². The van der Waals surface area contributed by atoms with Crippen LogP contribution in [0.4, 0.5) is 11.8 Å². The number of nitrogen functional groups attached to an aromatic ring is 2. The third-order valence-electron chi connectivity index (χ3n) is 3.02. The van der Waals surface area contributed by atoms with Gasteiger partial charge in [-0.2, -0.15) is 21.7 Å². The van der Waals surface area contributed by atoms with Crippen LogP contribution < -0.4 is 11.5 Å². The second-order valence-electron chi connectivity index (χ2n) is 4.17. The lowest BCUT2D eigenvalue weighted by atomic mass is 10.0. The smallest absolute Gasteiger partial charge is 0.224 e. The Balaban J connectivity index is 2.03. The number of aromatic nitrogens is 4. The molecule has 0 saturated carbocycles. The highest BCUT2D eigenvalue weighted by Gasteiger charge is 2.20. The SMILES string of the molecule is Nc1nc(N)c2[nH]c(C3CCSCC3)nc2n1. The van der Waals surface area contributed by atoms with Crippen molar-refractivity contribution in [3.05, 3.63) is 5.82 Å². The summed E-state index contributed by atoms with van der Waals surface area (Å²) in [6, 6.07) is 0. The van der Waals surface area contributed by atoms with Crippen molar-refractivity contribution in [2.24, 2.45) is 0 Å². The van der Waals surface area contributed by atoms with Crippen molar-refractivity contribution in [1.82, 2.24) is 19.9 Å². The van der Waals surface area contributed by atoms with Crippen LogP contribution in [0.1, 0.15) is 24.6 Å². The zero-order valence-corrected chi connectivity index (χ0v) is 10.1. The predicted molar refractivity (Wildman–Crippen MR) is 69.8 cm³/mol. The Labute approximate surface area is 103 Å². The van der Waals surface area contributed by atoms with E-state index in [0.717, 1.165) is 18.7 Å². The number of rotatable bonds is 1. The minimum atomic E-state index is 0.173. The summed E-state index contributed by atoms with van der Waals surface area (Å²) in [6.07, 6.45) is 2.29. The summed E-state index contributed by atoms with van der Waals surface area (Å²) in [4.78, 5) is 15.7. The van der Waals surface area contributed by atoms with Crippen molar-refractivity contribution in [1.29, 1.82) is 0 Å². The number of aromatic amines is 1. The molecule has 2 aromatic heterocycles. The molecule has 90 valence electrons. The Bertz CT molecular complexity index is 545. The van der Waals surface area contributed by atoms with Crippen LogP contribution in [-0.2, 0) is 0 Å². The summed E-state index contributed by atoms with van der Waals surface area (Å²) in [6.45, 7) is 0. The number of anilines is 2. The van der Waals surface area contributed by atoms with E-state index >= 15 is 0 Å².